The predicted molar refractivity (Wildman–Crippen MR) is 113 cm³/mol. The van der Waals surface area contributed by atoms with Gasteiger partial charge in [0.15, 0.2) is 0 Å². The van der Waals surface area contributed by atoms with E-state index in [0.29, 0.717) is 12.5 Å². The number of aromatic nitrogens is 1. The summed E-state index contributed by atoms with van der Waals surface area (Å²) in [4.78, 5) is 18.1. The Labute approximate surface area is 172 Å². The van der Waals surface area contributed by atoms with Gasteiger partial charge in [0.1, 0.15) is 0 Å². The number of rotatable bonds is 7. The van der Waals surface area contributed by atoms with Crippen molar-refractivity contribution in [2.45, 2.75) is 52.5 Å². The van der Waals surface area contributed by atoms with E-state index in [1.54, 1.807) is 0 Å². The second kappa shape index (κ2) is 9.06. The normalized spacial score (nSPS) is 18.4. The van der Waals surface area contributed by atoms with Gasteiger partial charge in [-0.05, 0) is 80.0 Å². The lowest BCUT2D eigenvalue weighted by molar-refractivity contribution is -0.141. The summed E-state index contributed by atoms with van der Waals surface area (Å²) in [6.07, 6.45) is 4.62. The number of carbonyl (C=O) groups is 1. The number of pyridine rings is 1. The summed E-state index contributed by atoms with van der Waals surface area (Å²) in [7, 11) is 0. The van der Waals surface area contributed by atoms with Crippen LogP contribution in [0.2, 0.25) is 5.02 Å². The lowest BCUT2D eigenvalue weighted by atomic mass is 9.90. The van der Waals surface area contributed by atoms with Crippen LogP contribution in [0, 0.1) is 19.8 Å². The zero-order chi connectivity index (χ0) is 20.3. The van der Waals surface area contributed by atoms with E-state index in [4.69, 9.17) is 11.6 Å². The summed E-state index contributed by atoms with van der Waals surface area (Å²) >= 11 is 6.18. The minimum Gasteiger partial charge on any atom is -0.481 e. The van der Waals surface area contributed by atoms with Crippen LogP contribution in [-0.2, 0) is 17.8 Å². The standard InChI is InChI=1S/C23H29ClN2O2/c1-4-17(18-5-6-22(24)15(2)9-18)10-21-11-20(16(3)12-25-21)14-26-8-7-19(13-26)23(27)28/h5-6,9,11-12,17,19H,4,7-8,10,13-14H2,1-3H3,(H,27,28)/t17-,19+/m0/s1. The lowest BCUT2D eigenvalue weighted by Gasteiger charge is -2.19. The molecule has 0 bridgehead atoms. The molecule has 2 atom stereocenters. The Bertz CT molecular complexity index is 852. The maximum absolute atomic E-state index is 11.2. The highest BCUT2D eigenvalue weighted by atomic mass is 35.5. The molecule has 1 aliphatic rings. The van der Waals surface area contributed by atoms with E-state index in [1.165, 1.54) is 11.1 Å². The van der Waals surface area contributed by atoms with E-state index >= 15 is 0 Å². The van der Waals surface area contributed by atoms with E-state index in [0.717, 1.165) is 54.2 Å². The number of carboxylic acids is 1. The number of benzene rings is 1. The number of likely N-dealkylation sites (tertiary alicyclic amines) is 1. The van der Waals surface area contributed by atoms with Crippen molar-refractivity contribution in [1.29, 1.82) is 0 Å². The van der Waals surface area contributed by atoms with Crippen LogP contribution < -0.4 is 0 Å². The number of carboxylic acid groups (broad SMARTS) is 1. The van der Waals surface area contributed by atoms with Gasteiger partial charge in [-0.1, -0.05) is 30.7 Å². The third kappa shape index (κ3) is 4.92. The molecule has 1 saturated heterocycles. The van der Waals surface area contributed by atoms with Crippen molar-refractivity contribution in [3.63, 3.8) is 0 Å². The molecule has 150 valence electrons. The van der Waals surface area contributed by atoms with Gasteiger partial charge < -0.3 is 5.11 Å². The fourth-order valence-electron chi connectivity index (χ4n) is 3.99. The van der Waals surface area contributed by atoms with Crippen LogP contribution in [0.4, 0.5) is 0 Å². The molecule has 0 spiro atoms. The molecule has 2 aromatic rings. The Morgan fingerprint density at radius 1 is 1.32 bits per heavy atom. The molecule has 1 aromatic carbocycles. The van der Waals surface area contributed by atoms with E-state index < -0.39 is 5.97 Å². The van der Waals surface area contributed by atoms with Crippen LogP contribution in [0.3, 0.4) is 0 Å². The smallest absolute Gasteiger partial charge is 0.307 e. The van der Waals surface area contributed by atoms with Gasteiger partial charge in [0, 0.05) is 30.0 Å². The fraction of sp³-hybridized carbons (Fsp3) is 0.478. The molecular formula is C23H29ClN2O2. The zero-order valence-corrected chi connectivity index (χ0v) is 17.7. The highest BCUT2D eigenvalue weighted by Crippen LogP contribution is 2.28. The van der Waals surface area contributed by atoms with Gasteiger partial charge in [0.05, 0.1) is 5.92 Å². The van der Waals surface area contributed by atoms with E-state index in [1.807, 2.05) is 19.2 Å². The second-order valence-electron chi connectivity index (χ2n) is 7.98. The predicted octanol–water partition coefficient (Wildman–Crippen LogP) is 4.99. The summed E-state index contributed by atoms with van der Waals surface area (Å²) in [5, 5.41) is 10.0. The second-order valence-corrected chi connectivity index (χ2v) is 8.39. The number of aryl methyl sites for hydroxylation is 2. The third-order valence-electron chi connectivity index (χ3n) is 5.89. The van der Waals surface area contributed by atoms with Crippen LogP contribution in [-0.4, -0.2) is 34.0 Å². The summed E-state index contributed by atoms with van der Waals surface area (Å²) in [6, 6.07) is 8.49. The zero-order valence-electron chi connectivity index (χ0n) is 16.9. The van der Waals surface area contributed by atoms with Crippen molar-refractivity contribution < 1.29 is 9.90 Å². The van der Waals surface area contributed by atoms with Gasteiger partial charge in [-0.3, -0.25) is 14.7 Å². The van der Waals surface area contributed by atoms with E-state index in [9.17, 15) is 9.90 Å². The van der Waals surface area contributed by atoms with Gasteiger partial charge in [-0.2, -0.15) is 0 Å². The van der Waals surface area contributed by atoms with Crippen molar-refractivity contribution in [1.82, 2.24) is 9.88 Å². The minimum atomic E-state index is -0.682. The van der Waals surface area contributed by atoms with Gasteiger partial charge in [-0.15, -0.1) is 0 Å². The molecule has 0 unspecified atom stereocenters. The van der Waals surface area contributed by atoms with Gasteiger partial charge in [-0.25, -0.2) is 0 Å². The Hall–Kier alpha value is -1.91. The van der Waals surface area contributed by atoms with Crippen molar-refractivity contribution >= 4 is 17.6 Å². The molecule has 0 amide bonds. The molecule has 1 aromatic heterocycles. The van der Waals surface area contributed by atoms with Crippen molar-refractivity contribution in [3.8, 4) is 0 Å². The number of hydrogen-bond acceptors (Lipinski definition) is 3. The van der Waals surface area contributed by atoms with Crippen LogP contribution >= 0.6 is 11.6 Å². The monoisotopic (exact) mass is 400 g/mol. The summed E-state index contributed by atoms with van der Waals surface area (Å²) in [5.41, 5.74) is 5.92. The summed E-state index contributed by atoms with van der Waals surface area (Å²) in [5.74, 6) is -0.514. The van der Waals surface area contributed by atoms with Crippen molar-refractivity contribution in [3.05, 3.63) is 63.4 Å². The van der Waals surface area contributed by atoms with Crippen molar-refractivity contribution in [2.75, 3.05) is 13.1 Å². The first-order chi connectivity index (χ1) is 13.4. The van der Waals surface area contributed by atoms with Crippen molar-refractivity contribution in [2.24, 2.45) is 5.92 Å². The molecule has 0 saturated carbocycles. The first-order valence-electron chi connectivity index (χ1n) is 10.0. The number of halogens is 1. The van der Waals surface area contributed by atoms with Gasteiger partial charge in [0.25, 0.3) is 0 Å². The highest BCUT2D eigenvalue weighted by Gasteiger charge is 2.28. The minimum absolute atomic E-state index is 0.237. The topological polar surface area (TPSA) is 53.4 Å². The third-order valence-corrected chi connectivity index (χ3v) is 6.31. The fourth-order valence-corrected chi connectivity index (χ4v) is 4.11. The van der Waals surface area contributed by atoms with Crippen LogP contribution in [0.1, 0.15) is 53.6 Å². The van der Waals surface area contributed by atoms with Gasteiger partial charge >= 0.3 is 5.97 Å². The molecule has 1 fully saturated rings. The number of hydrogen-bond donors (Lipinski definition) is 1. The SMILES string of the molecule is CC[C@@H](Cc1cc(CN2CC[C@@H](C(=O)O)C2)c(C)cn1)c1ccc(Cl)c(C)c1. The molecular weight excluding hydrogens is 372 g/mol. The largest absolute Gasteiger partial charge is 0.481 e. The first kappa shape index (κ1) is 20.8. The summed E-state index contributed by atoms with van der Waals surface area (Å²) < 4.78 is 0. The Balaban J connectivity index is 1.73. The van der Waals surface area contributed by atoms with E-state index in [2.05, 4.69) is 41.9 Å². The number of aliphatic carboxylic acids is 1. The van der Waals surface area contributed by atoms with Crippen LogP contribution in [0.15, 0.2) is 30.5 Å². The Morgan fingerprint density at radius 2 is 2.11 bits per heavy atom. The molecule has 28 heavy (non-hydrogen) atoms. The molecule has 1 aliphatic heterocycles. The molecule has 1 N–H and O–H groups in total. The quantitative estimate of drug-likeness (QED) is 0.710. The van der Waals surface area contributed by atoms with Crippen LogP contribution in [0.25, 0.3) is 0 Å². The van der Waals surface area contributed by atoms with Crippen LogP contribution in [0.5, 0.6) is 0 Å². The Kier molecular flexibility index (Phi) is 6.73. The van der Waals surface area contributed by atoms with Gasteiger partial charge in [0.2, 0.25) is 0 Å². The molecule has 3 rings (SSSR count). The lowest BCUT2D eigenvalue weighted by Crippen LogP contribution is -2.23. The average molecular weight is 401 g/mol. The summed E-state index contributed by atoms with van der Waals surface area (Å²) in [6.45, 7) is 8.60. The molecule has 2 heterocycles. The molecule has 5 heteroatoms. The Morgan fingerprint density at radius 3 is 2.75 bits per heavy atom. The highest BCUT2D eigenvalue weighted by molar-refractivity contribution is 6.31. The maximum atomic E-state index is 11.2. The maximum Gasteiger partial charge on any atom is 0.307 e. The number of nitrogens with zero attached hydrogens (tertiary/aromatic N) is 2. The molecule has 4 nitrogen and oxygen atoms in total. The average Bonchev–Trinajstić information content (AvgIpc) is 3.13. The molecule has 0 radical (unpaired) electrons. The van der Waals surface area contributed by atoms with E-state index in [-0.39, 0.29) is 5.92 Å². The molecule has 0 aliphatic carbocycles. The first-order valence-corrected chi connectivity index (χ1v) is 10.4.